The molecule has 1 fully saturated rings. The lowest BCUT2D eigenvalue weighted by molar-refractivity contribution is -0.129. The molecule has 1 saturated heterocycles. The SMILES string of the molecule is Cc1nn(C)c(Cl)c1C(=O)NCCC(=O)N1CCCC1. The second kappa shape index (κ2) is 6.26. The van der Waals surface area contributed by atoms with Crippen LogP contribution in [-0.2, 0) is 11.8 Å². The topological polar surface area (TPSA) is 67.2 Å². The molecule has 2 rings (SSSR count). The zero-order valence-electron chi connectivity index (χ0n) is 11.8. The van der Waals surface area contributed by atoms with Crippen LogP contribution in [0, 0.1) is 6.92 Å². The van der Waals surface area contributed by atoms with Crippen molar-refractivity contribution in [3.8, 4) is 0 Å². The van der Waals surface area contributed by atoms with E-state index in [1.54, 1.807) is 14.0 Å². The van der Waals surface area contributed by atoms with Gasteiger partial charge in [-0.05, 0) is 19.8 Å². The van der Waals surface area contributed by atoms with E-state index in [1.165, 1.54) is 4.68 Å². The van der Waals surface area contributed by atoms with E-state index in [0.717, 1.165) is 25.9 Å². The summed E-state index contributed by atoms with van der Waals surface area (Å²) in [5, 5.41) is 7.12. The third kappa shape index (κ3) is 3.12. The van der Waals surface area contributed by atoms with E-state index in [9.17, 15) is 9.59 Å². The zero-order chi connectivity index (χ0) is 14.7. The Morgan fingerprint density at radius 1 is 1.35 bits per heavy atom. The van der Waals surface area contributed by atoms with Crippen LogP contribution in [0.2, 0.25) is 5.15 Å². The van der Waals surface area contributed by atoms with E-state index < -0.39 is 0 Å². The quantitative estimate of drug-likeness (QED) is 0.906. The van der Waals surface area contributed by atoms with Crippen LogP contribution in [0.25, 0.3) is 0 Å². The molecule has 1 aromatic heterocycles. The molecule has 1 aliphatic rings. The second-order valence-corrected chi connectivity index (χ2v) is 5.33. The van der Waals surface area contributed by atoms with Crippen molar-refractivity contribution in [1.29, 1.82) is 0 Å². The summed E-state index contributed by atoms with van der Waals surface area (Å²) in [4.78, 5) is 25.7. The number of hydrogen-bond acceptors (Lipinski definition) is 3. The molecule has 0 spiro atoms. The van der Waals surface area contributed by atoms with Gasteiger partial charge in [0.1, 0.15) is 5.15 Å². The predicted molar refractivity (Wildman–Crippen MR) is 75.7 cm³/mol. The average molecular weight is 299 g/mol. The summed E-state index contributed by atoms with van der Waals surface area (Å²) in [6, 6.07) is 0. The largest absolute Gasteiger partial charge is 0.351 e. The Balaban J connectivity index is 1.84. The summed E-state index contributed by atoms with van der Waals surface area (Å²) in [6.45, 7) is 3.72. The van der Waals surface area contributed by atoms with Crippen molar-refractivity contribution >= 4 is 23.4 Å². The molecule has 2 heterocycles. The van der Waals surface area contributed by atoms with Crippen LogP contribution >= 0.6 is 11.6 Å². The smallest absolute Gasteiger partial charge is 0.256 e. The Morgan fingerprint density at radius 3 is 2.55 bits per heavy atom. The molecule has 0 saturated carbocycles. The fraction of sp³-hybridized carbons (Fsp3) is 0.615. The van der Waals surface area contributed by atoms with Gasteiger partial charge < -0.3 is 10.2 Å². The van der Waals surface area contributed by atoms with Crippen LogP contribution in [0.4, 0.5) is 0 Å². The summed E-state index contributed by atoms with van der Waals surface area (Å²) < 4.78 is 1.46. The number of aryl methyl sites for hydroxylation is 2. The first-order chi connectivity index (χ1) is 9.50. The lowest BCUT2D eigenvalue weighted by Crippen LogP contribution is -2.32. The highest BCUT2D eigenvalue weighted by Crippen LogP contribution is 2.18. The molecule has 2 amide bonds. The van der Waals surface area contributed by atoms with Crippen molar-refractivity contribution in [2.75, 3.05) is 19.6 Å². The number of amides is 2. The fourth-order valence-corrected chi connectivity index (χ4v) is 2.64. The molecule has 0 unspecified atom stereocenters. The van der Waals surface area contributed by atoms with Crippen LogP contribution in [0.1, 0.15) is 35.3 Å². The first kappa shape index (κ1) is 14.8. The molecule has 7 heteroatoms. The minimum atomic E-state index is -0.283. The highest BCUT2D eigenvalue weighted by atomic mass is 35.5. The van der Waals surface area contributed by atoms with E-state index in [1.807, 2.05) is 4.90 Å². The van der Waals surface area contributed by atoms with Crippen molar-refractivity contribution in [3.05, 3.63) is 16.4 Å². The van der Waals surface area contributed by atoms with Crippen molar-refractivity contribution in [3.63, 3.8) is 0 Å². The third-order valence-corrected chi connectivity index (χ3v) is 3.90. The lowest BCUT2D eigenvalue weighted by atomic mass is 10.2. The lowest BCUT2D eigenvalue weighted by Gasteiger charge is -2.15. The normalized spacial score (nSPS) is 14.7. The number of rotatable bonds is 4. The third-order valence-electron chi connectivity index (χ3n) is 3.46. The molecule has 110 valence electrons. The Bertz CT molecular complexity index is 521. The van der Waals surface area contributed by atoms with Gasteiger partial charge in [-0.25, -0.2) is 0 Å². The van der Waals surface area contributed by atoms with Gasteiger partial charge in [-0.2, -0.15) is 5.10 Å². The zero-order valence-corrected chi connectivity index (χ0v) is 12.5. The van der Waals surface area contributed by atoms with E-state index in [-0.39, 0.29) is 11.8 Å². The first-order valence-electron chi connectivity index (χ1n) is 6.75. The van der Waals surface area contributed by atoms with E-state index in [2.05, 4.69) is 10.4 Å². The molecular formula is C13H19ClN4O2. The maximum absolute atomic E-state index is 12.0. The van der Waals surface area contributed by atoms with Gasteiger partial charge in [0.15, 0.2) is 0 Å². The maximum atomic E-state index is 12.0. The number of carbonyl (C=O) groups excluding carboxylic acids is 2. The molecule has 0 aliphatic carbocycles. The van der Waals surface area contributed by atoms with Crippen molar-refractivity contribution < 1.29 is 9.59 Å². The van der Waals surface area contributed by atoms with Gasteiger partial charge >= 0.3 is 0 Å². The number of aromatic nitrogens is 2. The van der Waals surface area contributed by atoms with Gasteiger partial charge in [0.2, 0.25) is 5.91 Å². The summed E-state index contributed by atoms with van der Waals surface area (Å²) in [5.74, 6) is -0.188. The van der Waals surface area contributed by atoms with E-state index in [4.69, 9.17) is 11.6 Å². The Kier molecular flexibility index (Phi) is 4.65. The Hall–Kier alpha value is -1.56. The fourth-order valence-electron chi connectivity index (χ4n) is 2.38. The minimum absolute atomic E-state index is 0.0943. The standard InChI is InChI=1S/C13H19ClN4O2/c1-9-11(12(14)17(2)16-9)13(20)15-6-5-10(19)18-7-3-4-8-18/h3-8H2,1-2H3,(H,15,20). The van der Waals surface area contributed by atoms with Crippen LogP contribution in [0.5, 0.6) is 0 Å². The summed E-state index contributed by atoms with van der Waals surface area (Å²) in [7, 11) is 1.68. The van der Waals surface area contributed by atoms with Crippen LogP contribution in [-0.4, -0.2) is 46.1 Å². The number of nitrogens with zero attached hydrogens (tertiary/aromatic N) is 3. The van der Waals surface area contributed by atoms with Crippen LogP contribution in [0.15, 0.2) is 0 Å². The molecule has 1 aromatic rings. The van der Waals surface area contributed by atoms with Crippen LogP contribution < -0.4 is 5.32 Å². The van der Waals surface area contributed by atoms with Gasteiger partial charge in [-0.3, -0.25) is 14.3 Å². The molecule has 0 radical (unpaired) electrons. The summed E-state index contributed by atoms with van der Waals surface area (Å²) >= 11 is 6.02. The van der Waals surface area contributed by atoms with E-state index in [0.29, 0.717) is 29.4 Å². The van der Waals surface area contributed by atoms with Crippen molar-refractivity contribution in [1.82, 2.24) is 20.0 Å². The molecule has 0 atom stereocenters. The monoisotopic (exact) mass is 298 g/mol. The summed E-state index contributed by atoms with van der Waals surface area (Å²) in [6.07, 6.45) is 2.47. The highest BCUT2D eigenvalue weighted by molar-refractivity contribution is 6.33. The second-order valence-electron chi connectivity index (χ2n) is 4.97. The molecular weight excluding hydrogens is 280 g/mol. The van der Waals surface area contributed by atoms with Gasteiger partial charge in [-0.15, -0.1) is 0 Å². The first-order valence-corrected chi connectivity index (χ1v) is 7.13. The number of nitrogens with one attached hydrogen (secondary N) is 1. The van der Waals surface area contributed by atoms with Gasteiger partial charge in [0.05, 0.1) is 11.3 Å². The molecule has 0 bridgehead atoms. The Morgan fingerprint density at radius 2 is 2.00 bits per heavy atom. The van der Waals surface area contributed by atoms with Crippen molar-refractivity contribution in [2.45, 2.75) is 26.2 Å². The number of carbonyl (C=O) groups is 2. The number of hydrogen-bond donors (Lipinski definition) is 1. The van der Waals surface area contributed by atoms with Crippen LogP contribution in [0.3, 0.4) is 0 Å². The molecule has 1 N–H and O–H groups in total. The van der Waals surface area contributed by atoms with Crippen molar-refractivity contribution in [2.24, 2.45) is 7.05 Å². The molecule has 1 aliphatic heterocycles. The number of halogens is 1. The predicted octanol–water partition coefficient (Wildman–Crippen LogP) is 1.12. The number of likely N-dealkylation sites (tertiary alicyclic amines) is 1. The summed E-state index contributed by atoms with van der Waals surface area (Å²) in [5.41, 5.74) is 0.962. The Labute approximate surface area is 123 Å². The minimum Gasteiger partial charge on any atom is -0.351 e. The molecule has 6 nitrogen and oxygen atoms in total. The highest BCUT2D eigenvalue weighted by Gasteiger charge is 2.20. The molecule has 20 heavy (non-hydrogen) atoms. The molecule has 0 aromatic carbocycles. The average Bonchev–Trinajstić information content (AvgIpc) is 2.99. The van der Waals surface area contributed by atoms with E-state index >= 15 is 0 Å². The van der Waals surface area contributed by atoms with Gasteiger partial charge in [0.25, 0.3) is 5.91 Å². The van der Waals surface area contributed by atoms with Gasteiger partial charge in [-0.1, -0.05) is 11.6 Å². The maximum Gasteiger partial charge on any atom is 0.256 e. The van der Waals surface area contributed by atoms with Gasteiger partial charge in [0, 0.05) is 33.1 Å².